The van der Waals surface area contributed by atoms with Gasteiger partial charge in [0, 0.05) is 12.8 Å². The van der Waals surface area contributed by atoms with Crippen LogP contribution in [0.5, 0.6) is 0 Å². The maximum atomic E-state index is 13.0. The highest BCUT2D eigenvalue weighted by atomic mass is 32.2. The van der Waals surface area contributed by atoms with E-state index in [9.17, 15) is 12.8 Å². The van der Waals surface area contributed by atoms with Gasteiger partial charge in [-0.1, -0.05) is 12.1 Å². The largest absolute Gasteiger partial charge is 0.382 e. The molecule has 0 fully saturated rings. The molecule has 0 aliphatic carbocycles. The Morgan fingerprint density at radius 3 is 2.57 bits per heavy atom. The Bertz CT molecular complexity index is 403. The highest BCUT2D eigenvalue weighted by Gasteiger charge is 2.03. The lowest BCUT2D eigenvalue weighted by Gasteiger charge is -2.05. The van der Waals surface area contributed by atoms with E-state index in [1.54, 1.807) is 18.2 Å². The van der Waals surface area contributed by atoms with E-state index in [-0.39, 0.29) is 18.1 Å². The summed E-state index contributed by atoms with van der Waals surface area (Å²) in [6.45, 7) is 0.222. The van der Waals surface area contributed by atoms with Crippen LogP contribution in [0.2, 0.25) is 0 Å². The highest BCUT2D eigenvalue weighted by Crippen LogP contribution is 2.11. The van der Waals surface area contributed by atoms with E-state index in [1.165, 1.54) is 6.07 Å². The standard InChI is InChI=1S/C9H12FNO2S/c1-14(12,13)7-6-11-9-5-3-2-4-8(9)10/h2-5,11H,6-7H2,1H3. The van der Waals surface area contributed by atoms with E-state index in [0.717, 1.165) is 6.26 Å². The number of benzene rings is 1. The summed E-state index contributed by atoms with van der Waals surface area (Å²) in [6, 6.07) is 6.16. The monoisotopic (exact) mass is 217 g/mol. The van der Waals surface area contributed by atoms with Crippen LogP contribution in [0.4, 0.5) is 10.1 Å². The van der Waals surface area contributed by atoms with Crippen molar-refractivity contribution in [2.45, 2.75) is 0 Å². The third-order valence-corrected chi connectivity index (χ3v) is 2.61. The van der Waals surface area contributed by atoms with Crippen molar-refractivity contribution < 1.29 is 12.8 Å². The summed E-state index contributed by atoms with van der Waals surface area (Å²) < 4.78 is 34.5. The molecular weight excluding hydrogens is 205 g/mol. The molecule has 0 atom stereocenters. The Morgan fingerprint density at radius 1 is 1.36 bits per heavy atom. The van der Waals surface area contributed by atoms with Gasteiger partial charge in [0.15, 0.2) is 0 Å². The zero-order chi connectivity index (χ0) is 10.6. The Morgan fingerprint density at radius 2 is 2.00 bits per heavy atom. The third-order valence-electron chi connectivity index (χ3n) is 1.66. The summed E-state index contributed by atoms with van der Waals surface area (Å²) in [5.74, 6) is -0.373. The molecule has 78 valence electrons. The van der Waals surface area contributed by atoms with Crippen molar-refractivity contribution in [3.63, 3.8) is 0 Å². The minimum absolute atomic E-state index is 0.00132. The predicted molar refractivity (Wildman–Crippen MR) is 54.6 cm³/mol. The first kappa shape index (κ1) is 11.0. The molecule has 14 heavy (non-hydrogen) atoms. The summed E-state index contributed by atoms with van der Waals surface area (Å²) >= 11 is 0. The second-order valence-corrected chi connectivity index (χ2v) is 5.30. The molecule has 1 rings (SSSR count). The number of hydrogen-bond acceptors (Lipinski definition) is 3. The van der Waals surface area contributed by atoms with Gasteiger partial charge in [-0.05, 0) is 12.1 Å². The number of sulfone groups is 1. The van der Waals surface area contributed by atoms with E-state index >= 15 is 0 Å². The predicted octanol–water partition coefficient (Wildman–Crippen LogP) is 1.28. The highest BCUT2D eigenvalue weighted by molar-refractivity contribution is 7.90. The maximum absolute atomic E-state index is 13.0. The molecule has 0 saturated heterocycles. The summed E-state index contributed by atoms with van der Waals surface area (Å²) in [4.78, 5) is 0. The van der Waals surface area contributed by atoms with Crippen LogP contribution in [-0.4, -0.2) is 27.0 Å². The molecule has 0 spiro atoms. The number of hydrogen-bond donors (Lipinski definition) is 1. The lowest BCUT2D eigenvalue weighted by Crippen LogP contribution is -2.14. The molecule has 0 heterocycles. The summed E-state index contributed by atoms with van der Waals surface area (Å²) in [7, 11) is -2.99. The molecular formula is C9H12FNO2S. The van der Waals surface area contributed by atoms with Crippen molar-refractivity contribution in [3.8, 4) is 0 Å². The Kier molecular flexibility index (Phi) is 3.46. The van der Waals surface area contributed by atoms with Crippen LogP contribution in [0.1, 0.15) is 0 Å². The van der Waals surface area contributed by atoms with Gasteiger partial charge in [0.1, 0.15) is 15.7 Å². The smallest absolute Gasteiger partial charge is 0.149 e. The van der Waals surface area contributed by atoms with Crippen LogP contribution >= 0.6 is 0 Å². The number of rotatable bonds is 4. The van der Waals surface area contributed by atoms with Gasteiger partial charge in [0.2, 0.25) is 0 Å². The van der Waals surface area contributed by atoms with Crippen molar-refractivity contribution in [1.29, 1.82) is 0 Å². The van der Waals surface area contributed by atoms with Gasteiger partial charge in [0.05, 0.1) is 11.4 Å². The molecule has 3 nitrogen and oxygen atoms in total. The van der Waals surface area contributed by atoms with Crippen molar-refractivity contribution in [2.24, 2.45) is 0 Å². The van der Waals surface area contributed by atoms with Crippen LogP contribution in [0, 0.1) is 5.82 Å². The molecule has 0 unspecified atom stereocenters. The molecule has 0 amide bonds. The Hall–Kier alpha value is -1.10. The third kappa shape index (κ3) is 3.74. The van der Waals surface area contributed by atoms with Crippen molar-refractivity contribution in [1.82, 2.24) is 0 Å². The number of anilines is 1. The first-order valence-electron chi connectivity index (χ1n) is 4.15. The Labute approximate surface area is 82.9 Å². The topological polar surface area (TPSA) is 46.2 Å². The average Bonchev–Trinajstić information content (AvgIpc) is 2.06. The molecule has 1 N–H and O–H groups in total. The van der Waals surface area contributed by atoms with Gasteiger partial charge < -0.3 is 5.32 Å². The van der Waals surface area contributed by atoms with E-state index < -0.39 is 9.84 Å². The molecule has 0 bridgehead atoms. The fourth-order valence-electron chi connectivity index (χ4n) is 0.976. The zero-order valence-corrected chi connectivity index (χ0v) is 8.64. The molecule has 0 aliphatic rings. The minimum Gasteiger partial charge on any atom is -0.382 e. The quantitative estimate of drug-likeness (QED) is 0.826. The van der Waals surface area contributed by atoms with Gasteiger partial charge in [-0.25, -0.2) is 12.8 Å². The maximum Gasteiger partial charge on any atom is 0.149 e. The average molecular weight is 217 g/mol. The second-order valence-electron chi connectivity index (χ2n) is 3.04. The fraction of sp³-hybridized carbons (Fsp3) is 0.333. The van der Waals surface area contributed by atoms with E-state index in [2.05, 4.69) is 5.32 Å². The summed E-state index contributed by atoms with van der Waals surface area (Å²) in [6.07, 6.45) is 1.15. The minimum atomic E-state index is -2.99. The van der Waals surface area contributed by atoms with Crippen LogP contribution in [-0.2, 0) is 9.84 Å². The van der Waals surface area contributed by atoms with Crippen molar-refractivity contribution in [3.05, 3.63) is 30.1 Å². The fourth-order valence-corrected chi connectivity index (χ4v) is 1.45. The SMILES string of the molecule is CS(=O)(=O)CCNc1ccccc1F. The molecule has 1 aromatic rings. The number of halogens is 1. The first-order valence-corrected chi connectivity index (χ1v) is 6.21. The van der Waals surface area contributed by atoms with Gasteiger partial charge in [-0.3, -0.25) is 0 Å². The second kappa shape index (κ2) is 4.41. The molecule has 0 aliphatic heterocycles. The molecule has 5 heteroatoms. The normalized spacial score (nSPS) is 11.3. The lowest BCUT2D eigenvalue weighted by molar-refractivity contribution is 0.601. The van der Waals surface area contributed by atoms with Gasteiger partial charge in [-0.15, -0.1) is 0 Å². The lowest BCUT2D eigenvalue weighted by atomic mass is 10.3. The zero-order valence-electron chi connectivity index (χ0n) is 7.83. The van der Waals surface area contributed by atoms with Crippen molar-refractivity contribution in [2.75, 3.05) is 23.9 Å². The van der Waals surface area contributed by atoms with E-state index in [4.69, 9.17) is 0 Å². The van der Waals surface area contributed by atoms with Crippen LogP contribution < -0.4 is 5.32 Å². The van der Waals surface area contributed by atoms with Gasteiger partial charge in [0.25, 0.3) is 0 Å². The number of nitrogens with one attached hydrogen (secondary N) is 1. The van der Waals surface area contributed by atoms with Crippen molar-refractivity contribution >= 4 is 15.5 Å². The van der Waals surface area contributed by atoms with Gasteiger partial charge >= 0.3 is 0 Å². The summed E-state index contributed by atoms with van der Waals surface area (Å²) in [5.41, 5.74) is 0.330. The van der Waals surface area contributed by atoms with Crippen LogP contribution in [0.3, 0.4) is 0 Å². The van der Waals surface area contributed by atoms with Gasteiger partial charge in [-0.2, -0.15) is 0 Å². The molecule has 0 aromatic heterocycles. The molecule has 1 aromatic carbocycles. The van der Waals surface area contributed by atoms with Crippen LogP contribution in [0.15, 0.2) is 24.3 Å². The molecule has 0 saturated carbocycles. The first-order chi connectivity index (χ1) is 6.49. The summed E-state index contributed by atoms with van der Waals surface area (Å²) in [5, 5.41) is 2.72. The van der Waals surface area contributed by atoms with E-state index in [1.807, 2.05) is 0 Å². The van der Waals surface area contributed by atoms with Crippen LogP contribution in [0.25, 0.3) is 0 Å². The number of para-hydroxylation sites is 1. The molecule has 0 radical (unpaired) electrons. The Balaban J connectivity index is 2.51. The van der Waals surface area contributed by atoms with E-state index in [0.29, 0.717) is 5.69 Å².